The smallest absolute Gasteiger partial charge is 0.310 e. The molecular weight excluding hydrogens is 270 g/mol. The summed E-state index contributed by atoms with van der Waals surface area (Å²) in [7, 11) is 0. The van der Waals surface area contributed by atoms with Crippen LogP contribution >= 0.6 is 0 Å². The standard InChI is InChI=1S/C15H25N3O3/c1-5-20-13(19)11-7-6-8-18(9-11)10-12-16-14(21-17-12)15(2,3)4/h11H,5-10H2,1-4H3. The summed E-state index contributed by atoms with van der Waals surface area (Å²) in [6.07, 6.45) is 1.89. The van der Waals surface area contributed by atoms with Gasteiger partial charge in [-0.3, -0.25) is 9.69 Å². The van der Waals surface area contributed by atoms with Crippen molar-refractivity contribution in [3.05, 3.63) is 11.7 Å². The van der Waals surface area contributed by atoms with Gasteiger partial charge in [0.15, 0.2) is 5.82 Å². The topological polar surface area (TPSA) is 68.5 Å². The zero-order chi connectivity index (χ0) is 15.5. The van der Waals surface area contributed by atoms with Crippen molar-refractivity contribution in [2.24, 2.45) is 5.92 Å². The van der Waals surface area contributed by atoms with Gasteiger partial charge < -0.3 is 9.26 Å². The molecule has 0 amide bonds. The summed E-state index contributed by atoms with van der Waals surface area (Å²) < 4.78 is 10.4. The number of hydrogen-bond donors (Lipinski definition) is 0. The number of piperidine rings is 1. The average molecular weight is 295 g/mol. The van der Waals surface area contributed by atoms with Crippen LogP contribution < -0.4 is 0 Å². The quantitative estimate of drug-likeness (QED) is 0.793. The van der Waals surface area contributed by atoms with E-state index in [2.05, 4.69) is 15.0 Å². The number of nitrogens with zero attached hydrogens (tertiary/aromatic N) is 3. The van der Waals surface area contributed by atoms with E-state index in [1.54, 1.807) is 0 Å². The largest absolute Gasteiger partial charge is 0.466 e. The molecule has 21 heavy (non-hydrogen) atoms. The molecule has 1 aliphatic heterocycles. The van der Waals surface area contributed by atoms with E-state index in [9.17, 15) is 4.79 Å². The fourth-order valence-electron chi connectivity index (χ4n) is 2.47. The summed E-state index contributed by atoms with van der Waals surface area (Å²) in [6, 6.07) is 0. The number of ether oxygens (including phenoxy) is 1. The van der Waals surface area contributed by atoms with Crippen molar-refractivity contribution in [1.29, 1.82) is 0 Å². The van der Waals surface area contributed by atoms with Crippen LogP contribution in [-0.2, 0) is 21.5 Å². The number of rotatable bonds is 4. The zero-order valence-corrected chi connectivity index (χ0v) is 13.4. The van der Waals surface area contributed by atoms with Crippen LogP contribution in [0.25, 0.3) is 0 Å². The highest BCUT2D eigenvalue weighted by molar-refractivity contribution is 5.72. The molecule has 1 atom stereocenters. The molecule has 2 rings (SSSR count). The van der Waals surface area contributed by atoms with Crippen molar-refractivity contribution in [2.45, 2.75) is 52.5 Å². The van der Waals surface area contributed by atoms with Crippen LogP contribution in [0.1, 0.15) is 52.3 Å². The Kier molecular flexibility index (Phi) is 4.98. The Morgan fingerprint density at radius 3 is 2.86 bits per heavy atom. The first kappa shape index (κ1) is 15.9. The highest BCUT2D eigenvalue weighted by Crippen LogP contribution is 2.22. The Balaban J connectivity index is 1.93. The lowest BCUT2D eigenvalue weighted by Crippen LogP contribution is -2.39. The molecule has 0 saturated carbocycles. The predicted molar refractivity (Wildman–Crippen MR) is 77.6 cm³/mol. The summed E-state index contributed by atoms with van der Waals surface area (Å²) in [5.74, 6) is 1.21. The van der Waals surface area contributed by atoms with Gasteiger partial charge in [-0.15, -0.1) is 0 Å². The molecule has 0 bridgehead atoms. The first-order valence-electron chi connectivity index (χ1n) is 7.62. The molecule has 0 aromatic carbocycles. The SMILES string of the molecule is CCOC(=O)C1CCCN(Cc2noc(C(C)(C)C)n2)C1. The molecule has 1 aliphatic rings. The van der Waals surface area contributed by atoms with Gasteiger partial charge in [-0.2, -0.15) is 4.98 Å². The van der Waals surface area contributed by atoms with E-state index in [1.807, 2.05) is 27.7 Å². The number of esters is 1. The van der Waals surface area contributed by atoms with Crippen molar-refractivity contribution in [1.82, 2.24) is 15.0 Å². The molecule has 0 aliphatic carbocycles. The van der Waals surface area contributed by atoms with E-state index < -0.39 is 0 Å². The third kappa shape index (κ3) is 4.27. The maximum absolute atomic E-state index is 11.8. The van der Waals surface area contributed by atoms with Crippen molar-refractivity contribution in [3.8, 4) is 0 Å². The van der Waals surface area contributed by atoms with E-state index in [0.29, 0.717) is 31.4 Å². The van der Waals surface area contributed by atoms with Crippen molar-refractivity contribution in [3.63, 3.8) is 0 Å². The van der Waals surface area contributed by atoms with Gasteiger partial charge in [-0.1, -0.05) is 25.9 Å². The fourth-order valence-corrected chi connectivity index (χ4v) is 2.47. The predicted octanol–water partition coefficient (Wildman–Crippen LogP) is 2.14. The Hall–Kier alpha value is -1.43. The molecule has 0 N–H and O–H groups in total. The lowest BCUT2D eigenvalue weighted by Gasteiger charge is -2.30. The van der Waals surface area contributed by atoms with Gasteiger partial charge in [0.05, 0.1) is 19.1 Å². The van der Waals surface area contributed by atoms with Gasteiger partial charge in [0.1, 0.15) is 0 Å². The fraction of sp³-hybridized carbons (Fsp3) is 0.800. The maximum Gasteiger partial charge on any atom is 0.310 e. The Morgan fingerprint density at radius 1 is 1.48 bits per heavy atom. The van der Waals surface area contributed by atoms with Crippen LogP contribution in [0.2, 0.25) is 0 Å². The summed E-state index contributed by atoms with van der Waals surface area (Å²) in [5, 5.41) is 4.04. The molecule has 0 spiro atoms. The number of hydrogen-bond acceptors (Lipinski definition) is 6. The van der Waals surface area contributed by atoms with E-state index in [-0.39, 0.29) is 17.3 Å². The van der Waals surface area contributed by atoms with Crippen molar-refractivity contribution in [2.75, 3.05) is 19.7 Å². The molecule has 118 valence electrons. The van der Waals surface area contributed by atoms with E-state index in [0.717, 1.165) is 19.4 Å². The maximum atomic E-state index is 11.8. The number of carbonyl (C=O) groups is 1. The number of likely N-dealkylation sites (tertiary alicyclic amines) is 1. The molecular formula is C15H25N3O3. The van der Waals surface area contributed by atoms with Crippen LogP contribution in [0, 0.1) is 5.92 Å². The Labute approximate surface area is 125 Å². The molecule has 1 unspecified atom stereocenters. The van der Waals surface area contributed by atoms with Crippen molar-refractivity contribution >= 4 is 5.97 Å². The van der Waals surface area contributed by atoms with E-state index in [1.165, 1.54) is 0 Å². The first-order valence-corrected chi connectivity index (χ1v) is 7.62. The summed E-state index contributed by atoms with van der Waals surface area (Å²) in [6.45, 7) is 10.7. The molecule has 2 heterocycles. The number of carbonyl (C=O) groups excluding carboxylic acids is 1. The van der Waals surface area contributed by atoms with E-state index >= 15 is 0 Å². The van der Waals surface area contributed by atoms with Crippen LogP contribution in [0.4, 0.5) is 0 Å². The molecule has 1 saturated heterocycles. The van der Waals surface area contributed by atoms with E-state index in [4.69, 9.17) is 9.26 Å². The average Bonchev–Trinajstić information content (AvgIpc) is 2.88. The second-order valence-electron chi connectivity index (χ2n) is 6.59. The molecule has 6 heteroatoms. The second kappa shape index (κ2) is 6.56. The molecule has 0 radical (unpaired) electrons. The van der Waals surface area contributed by atoms with Crippen LogP contribution in [0.15, 0.2) is 4.52 Å². The minimum absolute atomic E-state index is 0.0345. The lowest BCUT2D eigenvalue weighted by atomic mass is 9.97. The monoisotopic (exact) mass is 295 g/mol. The highest BCUT2D eigenvalue weighted by atomic mass is 16.5. The second-order valence-corrected chi connectivity index (χ2v) is 6.59. The van der Waals surface area contributed by atoms with Crippen molar-refractivity contribution < 1.29 is 14.1 Å². The van der Waals surface area contributed by atoms with Gasteiger partial charge >= 0.3 is 5.97 Å². The third-order valence-electron chi connectivity index (χ3n) is 3.60. The van der Waals surface area contributed by atoms with Crippen LogP contribution in [0.5, 0.6) is 0 Å². The van der Waals surface area contributed by atoms with Crippen LogP contribution in [-0.4, -0.2) is 40.7 Å². The Bertz CT molecular complexity index is 479. The van der Waals surface area contributed by atoms with Gasteiger partial charge in [0.2, 0.25) is 5.89 Å². The van der Waals surface area contributed by atoms with Gasteiger partial charge in [0, 0.05) is 12.0 Å². The third-order valence-corrected chi connectivity index (χ3v) is 3.60. The van der Waals surface area contributed by atoms with Gasteiger partial charge in [-0.25, -0.2) is 0 Å². The minimum atomic E-state index is -0.138. The zero-order valence-electron chi connectivity index (χ0n) is 13.4. The number of aromatic nitrogens is 2. The molecule has 1 aromatic rings. The summed E-state index contributed by atoms with van der Waals surface area (Å²) in [5.41, 5.74) is -0.138. The van der Waals surface area contributed by atoms with Crippen LogP contribution in [0.3, 0.4) is 0 Å². The lowest BCUT2D eigenvalue weighted by molar-refractivity contribution is -0.150. The molecule has 6 nitrogen and oxygen atoms in total. The molecule has 1 aromatic heterocycles. The summed E-state index contributed by atoms with van der Waals surface area (Å²) in [4.78, 5) is 18.5. The minimum Gasteiger partial charge on any atom is -0.466 e. The summed E-state index contributed by atoms with van der Waals surface area (Å²) >= 11 is 0. The normalized spacial score (nSPS) is 20.5. The Morgan fingerprint density at radius 2 is 2.24 bits per heavy atom. The van der Waals surface area contributed by atoms with Gasteiger partial charge in [-0.05, 0) is 26.3 Å². The first-order chi connectivity index (χ1) is 9.90. The van der Waals surface area contributed by atoms with Gasteiger partial charge in [0.25, 0.3) is 0 Å². The highest BCUT2D eigenvalue weighted by Gasteiger charge is 2.28. The molecule has 1 fully saturated rings.